The lowest BCUT2D eigenvalue weighted by Gasteiger charge is -2.04. The maximum absolute atomic E-state index is 12.6. The fourth-order valence-electron chi connectivity index (χ4n) is 1.47. The molecule has 0 aliphatic heterocycles. The maximum atomic E-state index is 12.6. The molecule has 0 saturated heterocycles. The monoisotopic (exact) mass is 260 g/mol. The van der Waals surface area contributed by atoms with Crippen LogP contribution in [0.1, 0.15) is 11.3 Å². The Morgan fingerprint density at radius 3 is 2.28 bits per heavy atom. The second-order valence-electron chi connectivity index (χ2n) is 3.72. The van der Waals surface area contributed by atoms with Gasteiger partial charge in [-0.05, 0) is 17.7 Å². The van der Waals surface area contributed by atoms with Crippen LogP contribution in [0, 0.1) is 5.82 Å². The van der Waals surface area contributed by atoms with Crippen LogP contribution in [0.2, 0.25) is 0 Å². The lowest BCUT2D eigenvalue weighted by atomic mass is 10.2. The number of rotatable bonds is 2. The van der Waals surface area contributed by atoms with Crippen molar-refractivity contribution in [3.8, 4) is 0 Å². The van der Waals surface area contributed by atoms with Gasteiger partial charge in [0.1, 0.15) is 11.5 Å². The van der Waals surface area contributed by atoms with Gasteiger partial charge < -0.3 is 0 Å². The summed E-state index contributed by atoms with van der Waals surface area (Å²) in [7, 11) is 0. The van der Waals surface area contributed by atoms with Gasteiger partial charge in [-0.25, -0.2) is 9.07 Å². The topological polar surface area (TPSA) is 37.8 Å². The summed E-state index contributed by atoms with van der Waals surface area (Å²) in [5.41, 5.74) is -1.37. The van der Waals surface area contributed by atoms with Crippen LogP contribution in [0.4, 0.5) is 17.6 Å². The highest BCUT2D eigenvalue weighted by atomic mass is 19.4. The van der Waals surface area contributed by atoms with Crippen molar-refractivity contribution in [3.63, 3.8) is 0 Å². The van der Waals surface area contributed by atoms with Crippen molar-refractivity contribution >= 4 is 0 Å². The second-order valence-corrected chi connectivity index (χ2v) is 3.72. The van der Waals surface area contributed by atoms with E-state index in [4.69, 9.17) is 0 Å². The van der Waals surface area contributed by atoms with Crippen LogP contribution in [0.5, 0.6) is 0 Å². The molecule has 0 aliphatic rings. The van der Waals surface area contributed by atoms with E-state index in [2.05, 4.69) is 0 Å². The summed E-state index contributed by atoms with van der Waals surface area (Å²) in [4.78, 5) is 11.3. The fourth-order valence-corrected chi connectivity index (χ4v) is 1.47. The van der Waals surface area contributed by atoms with E-state index in [1.54, 1.807) is 0 Å². The highest BCUT2D eigenvalue weighted by Gasteiger charge is 2.33. The van der Waals surface area contributed by atoms with E-state index in [9.17, 15) is 22.4 Å². The molecule has 0 saturated carbocycles. The van der Waals surface area contributed by atoms with E-state index in [0.717, 1.165) is 4.68 Å². The molecule has 7 heteroatoms. The first-order chi connectivity index (χ1) is 8.36. The molecular formula is C11H8F4N2O. The molecule has 18 heavy (non-hydrogen) atoms. The number of nitrogens with zero attached hydrogens (tertiary/aromatic N) is 1. The Kier molecular flexibility index (Phi) is 2.98. The molecule has 1 aromatic heterocycles. The van der Waals surface area contributed by atoms with E-state index >= 15 is 0 Å². The number of halogens is 4. The molecule has 2 rings (SSSR count). The zero-order valence-electron chi connectivity index (χ0n) is 8.96. The molecule has 1 N–H and O–H groups in total. The summed E-state index contributed by atoms with van der Waals surface area (Å²) in [5, 5.41) is 1.97. The Morgan fingerprint density at radius 1 is 1.17 bits per heavy atom. The average molecular weight is 260 g/mol. The van der Waals surface area contributed by atoms with Crippen LogP contribution in [0.15, 0.2) is 35.1 Å². The van der Waals surface area contributed by atoms with E-state index in [1.165, 1.54) is 24.3 Å². The number of hydrogen-bond donors (Lipinski definition) is 1. The van der Waals surface area contributed by atoms with Crippen LogP contribution in [0.25, 0.3) is 0 Å². The van der Waals surface area contributed by atoms with E-state index in [-0.39, 0.29) is 6.54 Å². The smallest absolute Gasteiger partial charge is 0.291 e. The number of aromatic amines is 1. The predicted molar refractivity (Wildman–Crippen MR) is 55.6 cm³/mol. The van der Waals surface area contributed by atoms with Gasteiger partial charge in [0.25, 0.3) is 5.56 Å². The Balaban J connectivity index is 2.27. The SMILES string of the molecule is O=c1cc(C(F)(F)F)[nH]n1Cc1ccc(F)cc1. The maximum Gasteiger partial charge on any atom is 0.432 e. The van der Waals surface area contributed by atoms with Crippen LogP contribution < -0.4 is 5.56 Å². The summed E-state index contributed by atoms with van der Waals surface area (Å²) in [5.74, 6) is -0.450. The van der Waals surface area contributed by atoms with E-state index < -0.39 is 23.2 Å². The number of alkyl halides is 3. The van der Waals surface area contributed by atoms with E-state index in [1.807, 2.05) is 5.10 Å². The molecule has 0 amide bonds. The largest absolute Gasteiger partial charge is 0.432 e. The second kappa shape index (κ2) is 4.32. The molecule has 0 unspecified atom stereocenters. The lowest BCUT2D eigenvalue weighted by Crippen LogP contribution is -2.16. The first-order valence-corrected chi connectivity index (χ1v) is 4.98. The van der Waals surface area contributed by atoms with Gasteiger partial charge >= 0.3 is 6.18 Å². The zero-order valence-corrected chi connectivity index (χ0v) is 8.96. The molecule has 0 fully saturated rings. The molecule has 1 aromatic carbocycles. The normalized spacial score (nSPS) is 11.8. The van der Waals surface area contributed by atoms with Crippen LogP contribution in [-0.2, 0) is 12.7 Å². The van der Waals surface area contributed by atoms with Crippen molar-refractivity contribution in [3.05, 3.63) is 57.8 Å². The van der Waals surface area contributed by atoms with Crippen molar-refractivity contribution in [2.45, 2.75) is 12.7 Å². The first-order valence-electron chi connectivity index (χ1n) is 4.98. The third-order valence-electron chi connectivity index (χ3n) is 2.35. The number of benzene rings is 1. The Morgan fingerprint density at radius 2 is 1.78 bits per heavy atom. The molecule has 0 aliphatic carbocycles. The van der Waals surface area contributed by atoms with Gasteiger partial charge in [0, 0.05) is 6.07 Å². The highest BCUT2D eigenvalue weighted by molar-refractivity contribution is 5.16. The third-order valence-corrected chi connectivity index (χ3v) is 2.35. The van der Waals surface area contributed by atoms with E-state index in [0.29, 0.717) is 11.6 Å². The summed E-state index contributed by atoms with van der Waals surface area (Å²) in [6.07, 6.45) is -4.59. The fraction of sp³-hybridized carbons (Fsp3) is 0.182. The van der Waals surface area contributed by atoms with Crippen molar-refractivity contribution < 1.29 is 17.6 Å². The number of hydrogen-bond acceptors (Lipinski definition) is 1. The standard InChI is InChI=1S/C11H8F4N2O/c12-8-3-1-7(2-4-8)6-17-10(18)5-9(16-17)11(13,14)15/h1-5,16H,6H2. The Hall–Kier alpha value is -2.05. The van der Waals surface area contributed by atoms with Crippen molar-refractivity contribution in [2.75, 3.05) is 0 Å². The minimum absolute atomic E-state index is 0.0742. The highest BCUT2D eigenvalue weighted by Crippen LogP contribution is 2.26. The first kappa shape index (κ1) is 12.4. The summed E-state index contributed by atoms with van der Waals surface area (Å²) < 4.78 is 50.5. The molecule has 2 aromatic rings. The van der Waals surface area contributed by atoms with Gasteiger partial charge in [-0.1, -0.05) is 12.1 Å². The van der Waals surface area contributed by atoms with Crippen LogP contribution >= 0.6 is 0 Å². The van der Waals surface area contributed by atoms with Gasteiger partial charge in [0.05, 0.1) is 6.54 Å². The average Bonchev–Trinajstić information content (AvgIpc) is 2.63. The number of aromatic nitrogens is 2. The van der Waals surface area contributed by atoms with Crippen molar-refractivity contribution in [2.24, 2.45) is 0 Å². The lowest BCUT2D eigenvalue weighted by molar-refractivity contribution is -0.141. The molecule has 1 heterocycles. The number of nitrogens with one attached hydrogen (secondary N) is 1. The predicted octanol–water partition coefficient (Wildman–Crippen LogP) is 2.38. The Bertz CT molecular complexity index is 595. The van der Waals surface area contributed by atoms with Crippen LogP contribution in [0.3, 0.4) is 0 Å². The third kappa shape index (κ3) is 2.61. The van der Waals surface area contributed by atoms with Crippen molar-refractivity contribution in [1.29, 1.82) is 0 Å². The summed E-state index contributed by atoms with van der Waals surface area (Å²) >= 11 is 0. The Labute approximate surface area is 98.6 Å². The quantitative estimate of drug-likeness (QED) is 0.827. The van der Waals surface area contributed by atoms with Crippen LogP contribution in [-0.4, -0.2) is 9.78 Å². The molecule has 0 bridgehead atoms. The number of H-pyrrole nitrogens is 1. The molecule has 3 nitrogen and oxygen atoms in total. The molecule has 0 atom stereocenters. The van der Waals surface area contributed by atoms with Gasteiger partial charge in [-0.15, -0.1) is 0 Å². The van der Waals surface area contributed by atoms with Gasteiger partial charge in [0.2, 0.25) is 0 Å². The zero-order chi connectivity index (χ0) is 13.3. The molecule has 0 spiro atoms. The summed E-state index contributed by atoms with van der Waals surface area (Å²) in [6, 6.07) is 5.64. The minimum atomic E-state index is -4.59. The van der Waals surface area contributed by atoms with Crippen molar-refractivity contribution in [1.82, 2.24) is 9.78 Å². The minimum Gasteiger partial charge on any atom is -0.291 e. The van der Waals surface area contributed by atoms with Gasteiger partial charge in [0.15, 0.2) is 0 Å². The molecular weight excluding hydrogens is 252 g/mol. The summed E-state index contributed by atoms with van der Waals surface area (Å²) in [6.45, 7) is -0.0742. The molecule has 96 valence electrons. The molecule has 0 radical (unpaired) electrons. The van der Waals surface area contributed by atoms with Gasteiger partial charge in [-0.2, -0.15) is 13.2 Å². The van der Waals surface area contributed by atoms with Gasteiger partial charge in [-0.3, -0.25) is 9.89 Å².